The van der Waals surface area contributed by atoms with Gasteiger partial charge in [0.25, 0.3) is 0 Å². The molecular formula is C63H44N2. The zero-order valence-electron chi connectivity index (χ0n) is 36.3. The van der Waals surface area contributed by atoms with Gasteiger partial charge in [-0.25, -0.2) is 9.97 Å². The highest BCUT2D eigenvalue weighted by atomic mass is 14.9. The zero-order valence-corrected chi connectivity index (χ0v) is 36.3. The Kier molecular flexibility index (Phi) is 9.21. The van der Waals surface area contributed by atoms with E-state index in [0.29, 0.717) is 5.82 Å². The summed E-state index contributed by atoms with van der Waals surface area (Å²) in [7, 11) is 0. The lowest BCUT2D eigenvalue weighted by Crippen LogP contribution is -2.14. The van der Waals surface area contributed by atoms with E-state index < -0.39 is 0 Å². The molecule has 0 saturated carbocycles. The van der Waals surface area contributed by atoms with Crippen LogP contribution in [0.15, 0.2) is 231 Å². The molecule has 0 radical (unpaired) electrons. The van der Waals surface area contributed by atoms with E-state index in [0.717, 1.165) is 55.7 Å². The van der Waals surface area contributed by atoms with Crippen molar-refractivity contribution in [2.45, 2.75) is 19.3 Å². The minimum Gasteiger partial charge on any atom is -0.228 e. The number of benzene rings is 10. The molecule has 1 aliphatic rings. The first-order valence-electron chi connectivity index (χ1n) is 22.5. The van der Waals surface area contributed by atoms with Gasteiger partial charge in [-0.15, -0.1) is 0 Å². The predicted molar refractivity (Wildman–Crippen MR) is 273 cm³/mol. The van der Waals surface area contributed by atoms with Crippen molar-refractivity contribution < 1.29 is 0 Å². The van der Waals surface area contributed by atoms with Crippen LogP contribution in [0.2, 0.25) is 0 Å². The number of hydrogen-bond acceptors (Lipinski definition) is 2. The van der Waals surface area contributed by atoms with Crippen LogP contribution in [-0.2, 0) is 5.41 Å². The molecule has 0 unspecified atom stereocenters. The molecule has 1 aromatic heterocycles. The summed E-state index contributed by atoms with van der Waals surface area (Å²) in [6.45, 7) is 4.71. The fourth-order valence-electron chi connectivity index (χ4n) is 10.2. The van der Waals surface area contributed by atoms with Gasteiger partial charge in [0, 0.05) is 22.1 Å². The first-order valence-corrected chi connectivity index (χ1v) is 22.5. The summed E-state index contributed by atoms with van der Waals surface area (Å²) in [5, 5.41) is 4.80. The van der Waals surface area contributed by atoms with Crippen molar-refractivity contribution in [3.05, 3.63) is 242 Å². The average Bonchev–Trinajstić information content (AvgIpc) is 3.61. The second-order valence-corrected chi connectivity index (χ2v) is 17.7. The topological polar surface area (TPSA) is 25.8 Å². The zero-order chi connectivity index (χ0) is 43.5. The summed E-state index contributed by atoms with van der Waals surface area (Å²) in [4.78, 5) is 10.7. The van der Waals surface area contributed by atoms with Crippen LogP contribution in [0.4, 0.5) is 0 Å². The minimum atomic E-state index is -0.0675. The van der Waals surface area contributed by atoms with Crippen molar-refractivity contribution in [1.82, 2.24) is 9.97 Å². The molecular weight excluding hydrogens is 785 g/mol. The molecule has 306 valence electrons. The molecule has 11 aromatic rings. The van der Waals surface area contributed by atoms with Crippen LogP contribution in [0, 0.1) is 0 Å². The van der Waals surface area contributed by atoms with Crippen LogP contribution in [0.3, 0.4) is 0 Å². The van der Waals surface area contributed by atoms with E-state index in [1.807, 2.05) is 6.07 Å². The van der Waals surface area contributed by atoms with Gasteiger partial charge in [-0.3, -0.25) is 0 Å². The lowest BCUT2D eigenvalue weighted by Gasteiger charge is -2.22. The van der Waals surface area contributed by atoms with Gasteiger partial charge >= 0.3 is 0 Å². The van der Waals surface area contributed by atoms with E-state index in [4.69, 9.17) is 9.97 Å². The maximum absolute atomic E-state index is 5.35. The molecule has 0 fully saturated rings. The number of rotatable bonds is 7. The van der Waals surface area contributed by atoms with Gasteiger partial charge in [-0.1, -0.05) is 214 Å². The number of hydrogen-bond donors (Lipinski definition) is 0. The van der Waals surface area contributed by atoms with E-state index in [1.165, 1.54) is 60.7 Å². The van der Waals surface area contributed by atoms with Crippen molar-refractivity contribution in [2.75, 3.05) is 0 Å². The standard InChI is InChI=1S/C63H44N2/c1-63(2)58-29-17-16-28-55(58)56-31-30-44(39-59(56)63)48-32-33-53(50-25-13-12-24-49(48)50)54-34-35-57(52-27-15-14-26-51(52)54)61-40-60(64-62(65-61)43-22-10-5-11-23-43)47-37-45(41-18-6-3-7-19-41)36-46(38-47)42-20-8-4-9-21-42/h3-40H,1-2H3. The smallest absolute Gasteiger partial charge is 0.160 e. The Morgan fingerprint density at radius 1 is 0.262 bits per heavy atom. The molecule has 12 rings (SSSR count). The average molecular weight is 829 g/mol. The number of fused-ring (bicyclic) bond motifs is 5. The molecule has 2 heteroatoms. The van der Waals surface area contributed by atoms with Crippen molar-refractivity contribution in [3.8, 4) is 89.5 Å². The van der Waals surface area contributed by atoms with E-state index in [9.17, 15) is 0 Å². The van der Waals surface area contributed by atoms with E-state index in [-0.39, 0.29) is 5.41 Å². The summed E-state index contributed by atoms with van der Waals surface area (Å²) < 4.78 is 0. The van der Waals surface area contributed by atoms with Crippen LogP contribution in [0.1, 0.15) is 25.0 Å². The molecule has 65 heavy (non-hydrogen) atoms. The largest absolute Gasteiger partial charge is 0.228 e. The Labute approximate surface area is 380 Å². The second kappa shape index (κ2) is 15.6. The highest BCUT2D eigenvalue weighted by molar-refractivity contribution is 6.12. The van der Waals surface area contributed by atoms with Crippen molar-refractivity contribution in [2.24, 2.45) is 0 Å². The summed E-state index contributed by atoms with van der Waals surface area (Å²) in [5.41, 5.74) is 19.7. The lowest BCUT2D eigenvalue weighted by atomic mass is 9.81. The maximum Gasteiger partial charge on any atom is 0.160 e. The number of nitrogens with zero attached hydrogens (tertiary/aromatic N) is 2. The molecule has 0 amide bonds. The summed E-state index contributed by atoms with van der Waals surface area (Å²) in [6, 6.07) is 83.3. The summed E-state index contributed by atoms with van der Waals surface area (Å²) >= 11 is 0. The normalized spacial score (nSPS) is 12.6. The fourth-order valence-corrected chi connectivity index (χ4v) is 10.2. The summed E-state index contributed by atoms with van der Waals surface area (Å²) in [6.07, 6.45) is 0. The van der Waals surface area contributed by atoms with Crippen LogP contribution < -0.4 is 0 Å². The fraction of sp³-hybridized carbons (Fsp3) is 0.0476. The van der Waals surface area contributed by atoms with E-state index in [1.54, 1.807) is 0 Å². The second-order valence-electron chi connectivity index (χ2n) is 17.7. The Bertz CT molecular complexity index is 3550. The summed E-state index contributed by atoms with van der Waals surface area (Å²) in [5.74, 6) is 0.693. The third-order valence-corrected chi connectivity index (χ3v) is 13.5. The molecule has 0 bridgehead atoms. The SMILES string of the molecule is CC1(C)c2ccccc2-c2ccc(-c3ccc(-c4ccc(-c5cc(-c6cc(-c7ccccc7)cc(-c7ccccc7)c6)nc(-c6ccccc6)n5)c5ccccc45)c4ccccc34)cc21. The molecule has 1 heterocycles. The number of aromatic nitrogens is 2. The first-order chi connectivity index (χ1) is 32.0. The third-order valence-electron chi connectivity index (χ3n) is 13.5. The van der Waals surface area contributed by atoms with Gasteiger partial charge in [0.2, 0.25) is 0 Å². The quantitative estimate of drug-likeness (QED) is 0.160. The molecule has 0 N–H and O–H groups in total. The Balaban J connectivity index is 1.01. The molecule has 0 saturated heterocycles. The van der Waals surface area contributed by atoms with Gasteiger partial charge in [0.1, 0.15) is 0 Å². The Hall–Kier alpha value is -8.20. The Morgan fingerprint density at radius 3 is 1.31 bits per heavy atom. The molecule has 2 nitrogen and oxygen atoms in total. The molecule has 0 atom stereocenters. The van der Waals surface area contributed by atoms with Crippen molar-refractivity contribution in [3.63, 3.8) is 0 Å². The molecule has 1 aliphatic carbocycles. The highest BCUT2D eigenvalue weighted by Crippen LogP contribution is 2.50. The Morgan fingerprint density at radius 2 is 0.692 bits per heavy atom. The van der Waals surface area contributed by atoms with Crippen LogP contribution in [-0.4, -0.2) is 9.97 Å². The highest BCUT2D eigenvalue weighted by Gasteiger charge is 2.35. The van der Waals surface area contributed by atoms with E-state index >= 15 is 0 Å². The van der Waals surface area contributed by atoms with Gasteiger partial charge in [0.05, 0.1) is 11.4 Å². The molecule has 0 spiro atoms. The van der Waals surface area contributed by atoms with Crippen molar-refractivity contribution >= 4 is 21.5 Å². The lowest BCUT2D eigenvalue weighted by molar-refractivity contribution is 0.660. The van der Waals surface area contributed by atoms with Crippen LogP contribution >= 0.6 is 0 Å². The van der Waals surface area contributed by atoms with Gasteiger partial charge in [-0.05, 0) is 119 Å². The van der Waals surface area contributed by atoms with Crippen molar-refractivity contribution in [1.29, 1.82) is 0 Å². The first kappa shape index (κ1) is 38.5. The van der Waals surface area contributed by atoms with Gasteiger partial charge in [-0.2, -0.15) is 0 Å². The maximum atomic E-state index is 5.35. The third kappa shape index (κ3) is 6.65. The minimum absolute atomic E-state index is 0.0675. The monoisotopic (exact) mass is 828 g/mol. The van der Waals surface area contributed by atoms with E-state index in [2.05, 4.69) is 238 Å². The predicted octanol–water partition coefficient (Wildman–Crippen LogP) is 16.8. The molecule has 10 aromatic carbocycles. The van der Waals surface area contributed by atoms with Gasteiger partial charge in [0.15, 0.2) is 5.82 Å². The van der Waals surface area contributed by atoms with Gasteiger partial charge < -0.3 is 0 Å². The van der Waals surface area contributed by atoms with Crippen LogP contribution in [0.5, 0.6) is 0 Å². The van der Waals surface area contributed by atoms with Crippen LogP contribution in [0.25, 0.3) is 111 Å². The molecule has 0 aliphatic heterocycles.